The molecule has 0 saturated carbocycles. The van der Waals surface area contributed by atoms with E-state index in [2.05, 4.69) is 19.1 Å². The Labute approximate surface area is 127 Å². The van der Waals surface area contributed by atoms with Crippen molar-refractivity contribution in [1.29, 1.82) is 0 Å². The van der Waals surface area contributed by atoms with E-state index in [1.165, 1.54) is 0 Å². The highest BCUT2D eigenvalue weighted by molar-refractivity contribution is 5.95. The molecule has 21 heavy (non-hydrogen) atoms. The fourth-order valence-electron chi connectivity index (χ4n) is 2.70. The first-order valence-corrected chi connectivity index (χ1v) is 7.87. The SMILES string of the molecule is CC/C(=C/C(=O)N(CC)C[C@@H]1CCOC1)c1ccccc1. The van der Waals surface area contributed by atoms with Crippen LogP contribution in [0.4, 0.5) is 0 Å². The number of benzene rings is 1. The van der Waals surface area contributed by atoms with Crippen molar-refractivity contribution >= 4 is 11.5 Å². The van der Waals surface area contributed by atoms with Crippen LogP contribution >= 0.6 is 0 Å². The first-order valence-electron chi connectivity index (χ1n) is 7.87. The van der Waals surface area contributed by atoms with Crippen molar-refractivity contribution in [3.8, 4) is 0 Å². The Morgan fingerprint density at radius 2 is 2.10 bits per heavy atom. The number of carbonyl (C=O) groups is 1. The van der Waals surface area contributed by atoms with Gasteiger partial charge in [-0.25, -0.2) is 0 Å². The number of allylic oxidation sites excluding steroid dienone is 1. The molecule has 3 heteroatoms. The van der Waals surface area contributed by atoms with Crippen molar-refractivity contribution in [3.63, 3.8) is 0 Å². The van der Waals surface area contributed by atoms with E-state index >= 15 is 0 Å². The van der Waals surface area contributed by atoms with Crippen LogP contribution in [0.3, 0.4) is 0 Å². The summed E-state index contributed by atoms with van der Waals surface area (Å²) < 4.78 is 5.40. The summed E-state index contributed by atoms with van der Waals surface area (Å²) in [4.78, 5) is 14.4. The number of likely N-dealkylation sites (N-methyl/N-ethyl adjacent to an activating group) is 1. The molecule has 0 bridgehead atoms. The second-order valence-electron chi connectivity index (χ2n) is 5.50. The van der Waals surface area contributed by atoms with Gasteiger partial charge >= 0.3 is 0 Å². The van der Waals surface area contributed by atoms with Crippen LogP contribution in [0.5, 0.6) is 0 Å². The van der Waals surface area contributed by atoms with Gasteiger partial charge in [-0.1, -0.05) is 37.3 Å². The smallest absolute Gasteiger partial charge is 0.246 e. The lowest BCUT2D eigenvalue weighted by Crippen LogP contribution is -2.34. The van der Waals surface area contributed by atoms with Gasteiger partial charge in [0.2, 0.25) is 5.91 Å². The molecule has 1 heterocycles. The molecule has 0 aliphatic carbocycles. The van der Waals surface area contributed by atoms with Gasteiger partial charge in [0.05, 0.1) is 6.61 Å². The van der Waals surface area contributed by atoms with Gasteiger partial charge in [0.15, 0.2) is 0 Å². The summed E-state index contributed by atoms with van der Waals surface area (Å²) in [6.45, 7) is 7.29. The van der Waals surface area contributed by atoms with Crippen LogP contribution in [-0.2, 0) is 9.53 Å². The molecule has 1 aromatic rings. The zero-order valence-electron chi connectivity index (χ0n) is 13.0. The summed E-state index contributed by atoms with van der Waals surface area (Å²) in [6.07, 6.45) is 3.72. The second-order valence-corrected chi connectivity index (χ2v) is 5.50. The molecule has 1 atom stereocenters. The molecule has 1 saturated heterocycles. The van der Waals surface area contributed by atoms with Crippen LogP contribution in [0.15, 0.2) is 36.4 Å². The van der Waals surface area contributed by atoms with E-state index in [1.807, 2.05) is 30.0 Å². The Morgan fingerprint density at radius 1 is 1.33 bits per heavy atom. The van der Waals surface area contributed by atoms with E-state index < -0.39 is 0 Å². The van der Waals surface area contributed by atoms with Crippen LogP contribution in [-0.4, -0.2) is 37.1 Å². The van der Waals surface area contributed by atoms with E-state index in [-0.39, 0.29) is 5.91 Å². The molecular weight excluding hydrogens is 262 g/mol. The van der Waals surface area contributed by atoms with Crippen LogP contribution in [0.1, 0.15) is 32.3 Å². The zero-order valence-corrected chi connectivity index (χ0v) is 13.0. The Hall–Kier alpha value is -1.61. The predicted octanol–water partition coefficient (Wildman–Crippen LogP) is 3.37. The Bertz CT molecular complexity index is 475. The topological polar surface area (TPSA) is 29.5 Å². The molecule has 114 valence electrons. The average molecular weight is 287 g/mol. The van der Waals surface area contributed by atoms with Gasteiger partial charge in [-0.3, -0.25) is 4.79 Å². The van der Waals surface area contributed by atoms with Gasteiger partial charge in [0.25, 0.3) is 0 Å². The molecule has 0 aromatic heterocycles. The lowest BCUT2D eigenvalue weighted by Gasteiger charge is -2.23. The summed E-state index contributed by atoms with van der Waals surface area (Å²) in [5.74, 6) is 0.606. The maximum atomic E-state index is 12.5. The largest absolute Gasteiger partial charge is 0.381 e. The van der Waals surface area contributed by atoms with Crippen LogP contribution in [0, 0.1) is 5.92 Å². The number of ether oxygens (including phenoxy) is 1. The quantitative estimate of drug-likeness (QED) is 0.751. The standard InChI is InChI=1S/C18H25NO2/c1-3-16(17-8-6-5-7-9-17)12-18(20)19(4-2)13-15-10-11-21-14-15/h5-9,12,15H,3-4,10-11,13-14H2,1-2H3/b16-12-/t15-/m0/s1. The van der Waals surface area contributed by atoms with Gasteiger partial charge in [-0.05, 0) is 30.9 Å². The van der Waals surface area contributed by atoms with Gasteiger partial charge in [-0.15, -0.1) is 0 Å². The summed E-state index contributed by atoms with van der Waals surface area (Å²) in [6, 6.07) is 10.1. The van der Waals surface area contributed by atoms with Crippen LogP contribution < -0.4 is 0 Å². The van der Waals surface area contributed by atoms with Gasteiger partial charge in [-0.2, -0.15) is 0 Å². The van der Waals surface area contributed by atoms with Crippen molar-refractivity contribution in [3.05, 3.63) is 42.0 Å². The molecular formula is C18H25NO2. The van der Waals surface area contributed by atoms with Crippen molar-refractivity contribution in [1.82, 2.24) is 4.90 Å². The summed E-state index contributed by atoms with van der Waals surface area (Å²) in [5.41, 5.74) is 2.23. The number of rotatable bonds is 6. The molecule has 1 aromatic carbocycles. The zero-order chi connectivity index (χ0) is 15.1. The Balaban J connectivity index is 2.06. The first-order chi connectivity index (χ1) is 10.2. The third kappa shape index (κ3) is 4.43. The lowest BCUT2D eigenvalue weighted by atomic mass is 10.0. The summed E-state index contributed by atoms with van der Waals surface area (Å²) in [7, 11) is 0. The van der Waals surface area contributed by atoms with Gasteiger partial charge in [0, 0.05) is 31.7 Å². The highest BCUT2D eigenvalue weighted by Crippen LogP contribution is 2.19. The van der Waals surface area contributed by atoms with E-state index in [1.54, 1.807) is 6.08 Å². The van der Waals surface area contributed by atoms with Crippen molar-refractivity contribution in [2.45, 2.75) is 26.7 Å². The molecule has 1 fully saturated rings. The van der Waals surface area contributed by atoms with Crippen molar-refractivity contribution in [2.75, 3.05) is 26.3 Å². The van der Waals surface area contributed by atoms with E-state index in [0.29, 0.717) is 5.92 Å². The summed E-state index contributed by atoms with van der Waals surface area (Å²) >= 11 is 0. The van der Waals surface area contributed by atoms with E-state index in [0.717, 1.165) is 50.3 Å². The third-order valence-corrected chi connectivity index (χ3v) is 4.02. The molecule has 2 rings (SSSR count). The summed E-state index contributed by atoms with van der Waals surface area (Å²) in [5, 5.41) is 0. The van der Waals surface area contributed by atoms with Crippen LogP contribution in [0.25, 0.3) is 5.57 Å². The monoisotopic (exact) mass is 287 g/mol. The normalized spacial score (nSPS) is 18.8. The molecule has 0 unspecified atom stereocenters. The highest BCUT2D eigenvalue weighted by atomic mass is 16.5. The number of carbonyl (C=O) groups excluding carboxylic acids is 1. The molecule has 0 radical (unpaired) electrons. The molecule has 0 spiro atoms. The fraction of sp³-hybridized carbons (Fsp3) is 0.500. The molecule has 1 amide bonds. The minimum absolute atomic E-state index is 0.116. The highest BCUT2D eigenvalue weighted by Gasteiger charge is 2.20. The van der Waals surface area contributed by atoms with Gasteiger partial charge in [0.1, 0.15) is 0 Å². The molecule has 3 nitrogen and oxygen atoms in total. The first kappa shape index (κ1) is 15.8. The minimum Gasteiger partial charge on any atom is -0.381 e. The molecule has 1 aliphatic heterocycles. The predicted molar refractivity (Wildman–Crippen MR) is 85.9 cm³/mol. The van der Waals surface area contributed by atoms with Crippen molar-refractivity contribution < 1.29 is 9.53 Å². The number of hydrogen-bond acceptors (Lipinski definition) is 2. The molecule has 0 N–H and O–H groups in total. The fourth-order valence-corrected chi connectivity index (χ4v) is 2.70. The van der Waals surface area contributed by atoms with Crippen LogP contribution in [0.2, 0.25) is 0 Å². The second kappa shape index (κ2) is 7.99. The average Bonchev–Trinajstić information content (AvgIpc) is 3.04. The minimum atomic E-state index is 0.116. The Morgan fingerprint density at radius 3 is 2.67 bits per heavy atom. The number of amides is 1. The van der Waals surface area contributed by atoms with E-state index in [4.69, 9.17) is 4.74 Å². The maximum Gasteiger partial charge on any atom is 0.246 e. The van der Waals surface area contributed by atoms with E-state index in [9.17, 15) is 4.79 Å². The number of nitrogens with zero attached hydrogens (tertiary/aromatic N) is 1. The number of hydrogen-bond donors (Lipinski definition) is 0. The van der Waals surface area contributed by atoms with Crippen molar-refractivity contribution in [2.24, 2.45) is 5.92 Å². The van der Waals surface area contributed by atoms with Gasteiger partial charge < -0.3 is 9.64 Å². The molecule has 1 aliphatic rings. The third-order valence-electron chi connectivity index (χ3n) is 4.02. The maximum absolute atomic E-state index is 12.5. The Kier molecular flexibility index (Phi) is 6.00. The lowest BCUT2D eigenvalue weighted by molar-refractivity contribution is -0.126.